The number of non-ortho nitro benzene ring substituents is 1. The van der Waals surface area contributed by atoms with Crippen LogP contribution in [0.5, 0.6) is 0 Å². The Labute approximate surface area is 225 Å². The summed E-state index contributed by atoms with van der Waals surface area (Å²) in [6.45, 7) is 5.31. The number of thiazole rings is 1. The molecule has 0 saturated heterocycles. The van der Waals surface area contributed by atoms with Crippen LogP contribution in [0.4, 0.5) is 10.1 Å². The molecular weight excluding hydrogens is 525 g/mol. The minimum absolute atomic E-state index is 0.0598. The van der Waals surface area contributed by atoms with Gasteiger partial charge in [-0.15, -0.1) is 0 Å². The zero-order valence-electron chi connectivity index (χ0n) is 21.1. The van der Waals surface area contributed by atoms with Crippen LogP contribution in [0.2, 0.25) is 0 Å². The Morgan fingerprint density at radius 3 is 2.64 bits per heavy atom. The van der Waals surface area contributed by atoms with Crippen LogP contribution in [0.3, 0.4) is 0 Å². The fraction of sp³-hybridized carbons (Fsp3) is 0.179. The van der Waals surface area contributed by atoms with E-state index in [1.807, 2.05) is 6.92 Å². The lowest BCUT2D eigenvalue weighted by atomic mass is 9.96. The van der Waals surface area contributed by atoms with E-state index in [0.29, 0.717) is 37.7 Å². The van der Waals surface area contributed by atoms with Crippen LogP contribution in [0, 0.1) is 22.9 Å². The number of hydrogen-bond acceptors (Lipinski definition) is 8. The molecule has 1 aliphatic heterocycles. The molecule has 39 heavy (non-hydrogen) atoms. The number of aryl methyl sites for hydroxylation is 1. The number of benzene rings is 2. The molecule has 11 heteroatoms. The lowest BCUT2D eigenvalue weighted by Crippen LogP contribution is -2.39. The van der Waals surface area contributed by atoms with Crippen LogP contribution >= 0.6 is 11.3 Å². The third kappa shape index (κ3) is 4.84. The van der Waals surface area contributed by atoms with E-state index in [1.165, 1.54) is 41.0 Å². The highest BCUT2D eigenvalue weighted by Gasteiger charge is 2.33. The van der Waals surface area contributed by atoms with Crippen LogP contribution < -0.4 is 14.9 Å². The van der Waals surface area contributed by atoms with Crippen LogP contribution in [0.25, 0.3) is 17.4 Å². The van der Waals surface area contributed by atoms with Gasteiger partial charge in [0.1, 0.15) is 17.3 Å². The first kappa shape index (κ1) is 26.0. The number of esters is 1. The molecule has 0 spiro atoms. The van der Waals surface area contributed by atoms with Gasteiger partial charge in [0.15, 0.2) is 4.80 Å². The predicted octanol–water partition coefficient (Wildman–Crippen LogP) is 4.41. The van der Waals surface area contributed by atoms with Gasteiger partial charge < -0.3 is 9.15 Å². The van der Waals surface area contributed by atoms with Gasteiger partial charge >= 0.3 is 5.97 Å². The molecule has 0 fully saturated rings. The molecule has 2 aromatic heterocycles. The average Bonchev–Trinajstić information content (AvgIpc) is 3.48. The van der Waals surface area contributed by atoms with Crippen LogP contribution in [0.15, 0.2) is 80.1 Å². The summed E-state index contributed by atoms with van der Waals surface area (Å²) in [7, 11) is 0. The molecule has 0 N–H and O–H groups in total. The monoisotopic (exact) mass is 547 g/mol. The van der Waals surface area contributed by atoms with Gasteiger partial charge in [0.05, 0.1) is 33.4 Å². The van der Waals surface area contributed by atoms with Crippen molar-refractivity contribution in [3.8, 4) is 11.3 Å². The van der Waals surface area contributed by atoms with Gasteiger partial charge in [-0.05, 0) is 56.2 Å². The molecule has 9 nitrogen and oxygen atoms in total. The zero-order chi connectivity index (χ0) is 27.8. The largest absolute Gasteiger partial charge is 0.463 e. The van der Waals surface area contributed by atoms with Gasteiger partial charge in [0.2, 0.25) is 0 Å². The number of rotatable bonds is 6. The predicted molar refractivity (Wildman–Crippen MR) is 142 cm³/mol. The van der Waals surface area contributed by atoms with E-state index in [9.17, 15) is 24.1 Å². The highest BCUT2D eigenvalue weighted by molar-refractivity contribution is 7.07. The third-order valence-electron chi connectivity index (χ3n) is 6.30. The summed E-state index contributed by atoms with van der Waals surface area (Å²) in [5.41, 5.74) is 2.02. The molecule has 0 amide bonds. The summed E-state index contributed by atoms with van der Waals surface area (Å²) in [6.07, 6.45) is 1.56. The Morgan fingerprint density at radius 1 is 1.21 bits per heavy atom. The number of aromatic nitrogens is 1. The van der Waals surface area contributed by atoms with E-state index in [2.05, 4.69) is 4.99 Å². The maximum absolute atomic E-state index is 13.7. The van der Waals surface area contributed by atoms with Crippen LogP contribution in [-0.4, -0.2) is 22.1 Å². The number of nitro groups is 1. The lowest BCUT2D eigenvalue weighted by molar-refractivity contribution is -0.384. The average molecular weight is 548 g/mol. The summed E-state index contributed by atoms with van der Waals surface area (Å²) in [4.78, 5) is 42.2. The third-order valence-corrected chi connectivity index (χ3v) is 7.28. The molecule has 0 bridgehead atoms. The molecule has 5 rings (SSSR count). The number of furan rings is 1. The minimum Gasteiger partial charge on any atom is -0.463 e. The van der Waals surface area contributed by atoms with Crippen molar-refractivity contribution in [3.05, 3.63) is 118 Å². The van der Waals surface area contributed by atoms with Gasteiger partial charge in [-0.1, -0.05) is 29.5 Å². The first-order valence-corrected chi connectivity index (χ1v) is 12.8. The maximum Gasteiger partial charge on any atom is 0.338 e. The van der Waals surface area contributed by atoms with Gasteiger partial charge in [-0.2, -0.15) is 0 Å². The molecule has 1 atom stereocenters. The van der Waals surface area contributed by atoms with Crippen molar-refractivity contribution in [1.29, 1.82) is 0 Å². The SMILES string of the molecule is CCOC(=O)C1=C(C)N=c2s/c(=C\c3ccc(-c4cc([N+](=O)[O-])ccc4C)o3)c(=O)n2C1c1ccc(F)cc1. The standard InChI is InChI=1S/C28H22FN3O6S/c1-4-37-27(34)24-16(3)30-28-31(25(24)17-6-8-18(29)9-7-17)26(33)23(39-28)14-20-11-12-22(38-20)21-13-19(32(35)36)10-5-15(21)2/h5-14,25H,4H2,1-3H3/b23-14-. The van der Waals surface area contributed by atoms with E-state index >= 15 is 0 Å². The van der Waals surface area contributed by atoms with E-state index in [-0.39, 0.29) is 17.9 Å². The highest BCUT2D eigenvalue weighted by atomic mass is 32.1. The number of nitrogens with zero attached hydrogens (tertiary/aromatic N) is 3. The fourth-order valence-electron chi connectivity index (χ4n) is 4.45. The molecule has 0 radical (unpaired) electrons. The fourth-order valence-corrected chi connectivity index (χ4v) is 5.47. The second-order valence-electron chi connectivity index (χ2n) is 8.81. The minimum atomic E-state index is -0.859. The number of carbonyl (C=O) groups excluding carboxylic acids is 1. The molecule has 3 heterocycles. The maximum atomic E-state index is 13.7. The van der Waals surface area contributed by atoms with Crippen LogP contribution in [0.1, 0.15) is 36.8 Å². The summed E-state index contributed by atoms with van der Waals surface area (Å²) < 4.78 is 26.6. The van der Waals surface area contributed by atoms with E-state index in [0.717, 1.165) is 16.9 Å². The molecule has 4 aromatic rings. The van der Waals surface area contributed by atoms with Gasteiger partial charge in [-0.3, -0.25) is 19.5 Å². The summed E-state index contributed by atoms with van der Waals surface area (Å²) >= 11 is 1.12. The van der Waals surface area contributed by atoms with E-state index in [1.54, 1.807) is 38.1 Å². The number of nitro benzene ring substituents is 1. The smallest absolute Gasteiger partial charge is 0.338 e. The Balaban J connectivity index is 1.62. The number of allylic oxidation sites excluding steroid dienone is 1. The molecule has 1 aliphatic rings. The Morgan fingerprint density at radius 2 is 1.95 bits per heavy atom. The molecule has 0 aliphatic carbocycles. The molecule has 2 aromatic carbocycles. The number of carbonyl (C=O) groups is 1. The van der Waals surface area contributed by atoms with Crippen molar-refractivity contribution in [1.82, 2.24) is 4.57 Å². The topological polar surface area (TPSA) is 117 Å². The zero-order valence-corrected chi connectivity index (χ0v) is 22.0. The van der Waals surface area contributed by atoms with Crippen molar-refractivity contribution in [2.45, 2.75) is 26.8 Å². The summed E-state index contributed by atoms with van der Waals surface area (Å²) in [5.74, 6) is -0.275. The molecule has 0 saturated carbocycles. The number of hydrogen-bond donors (Lipinski definition) is 0. The Bertz CT molecular complexity index is 1830. The van der Waals surface area contributed by atoms with Gasteiger partial charge in [0, 0.05) is 23.8 Å². The summed E-state index contributed by atoms with van der Waals surface area (Å²) in [5, 5.41) is 11.2. The molecular formula is C28H22FN3O6S. The van der Waals surface area contributed by atoms with Crippen molar-refractivity contribution < 1.29 is 23.3 Å². The number of ether oxygens (including phenoxy) is 1. The van der Waals surface area contributed by atoms with Crippen molar-refractivity contribution in [2.24, 2.45) is 4.99 Å². The van der Waals surface area contributed by atoms with Gasteiger partial charge in [0.25, 0.3) is 11.2 Å². The lowest BCUT2D eigenvalue weighted by Gasteiger charge is -2.24. The first-order valence-electron chi connectivity index (χ1n) is 12.0. The Hall–Kier alpha value is -4.64. The van der Waals surface area contributed by atoms with Gasteiger partial charge in [-0.25, -0.2) is 14.2 Å². The van der Waals surface area contributed by atoms with Crippen molar-refractivity contribution in [2.75, 3.05) is 6.61 Å². The molecule has 1 unspecified atom stereocenters. The number of fused-ring (bicyclic) bond motifs is 1. The van der Waals surface area contributed by atoms with E-state index in [4.69, 9.17) is 9.15 Å². The van der Waals surface area contributed by atoms with Crippen molar-refractivity contribution in [3.63, 3.8) is 0 Å². The second-order valence-corrected chi connectivity index (χ2v) is 9.82. The van der Waals surface area contributed by atoms with E-state index < -0.39 is 28.3 Å². The Kier molecular flexibility index (Phi) is 6.83. The van der Waals surface area contributed by atoms with Crippen LogP contribution in [-0.2, 0) is 9.53 Å². The first-order chi connectivity index (χ1) is 18.7. The number of halogens is 1. The molecule has 198 valence electrons. The normalized spacial score (nSPS) is 15.2. The van der Waals surface area contributed by atoms with Crippen molar-refractivity contribution >= 4 is 29.1 Å². The summed E-state index contributed by atoms with van der Waals surface area (Å²) in [6, 6.07) is 12.6. The second kappa shape index (κ2) is 10.3. The quantitative estimate of drug-likeness (QED) is 0.201. The highest BCUT2D eigenvalue weighted by Crippen LogP contribution is 2.31.